The largest absolute Gasteiger partial charge is 0.373 e. The smallest absolute Gasteiger partial charge is 0.352 e. The molecule has 32 heavy (non-hydrogen) atoms. The van der Waals surface area contributed by atoms with E-state index in [2.05, 4.69) is 34.9 Å². The summed E-state index contributed by atoms with van der Waals surface area (Å²) >= 11 is 0. The molecule has 1 fully saturated rings. The number of pyridine rings is 1. The van der Waals surface area contributed by atoms with Crippen molar-refractivity contribution >= 4 is 16.7 Å². The number of nitrogens with zero attached hydrogens (tertiary/aromatic N) is 6. The Kier molecular flexibility index (Phi) is 6.08. The van der Waals surface area contributed by atoms with Crippen LogP contribution < -0.4 is 5.69 Å². The molecule has 0 aliphatic carbocycles. The zero-order valence-electron chi connectivity index (χ0n) is 18.0. The van der Waals surface area contributed by atoms with Crippen LogP contribution in [0.15, 0.2) is 47.7 Å². The highest BCUT2D eigenvalue weighted by molar-refractivity contribution is 5.89. The van der Waals surface area contributed by atoms with Crippen molar-refractivity contribution in [2.75, 3.05) is 13.1 Å². The van der Waals surface area contributed by atoms with Crippen molar-refractivity contribution < 1.29 is 4.74 Å². The SMILES string of the molecule is C.Cc1ccccc1Cn1c(=O)n2ncnc2c2cc(CN3C[C@@H](C)O[C@@H](C)C3)cnc21. The molecule has 0 radical (unpaired) electrons. The van der Waals surface area contributed by atoms with Gasteiger partial charge in [-0.2, -0.15) is 9.61 Å². The molecule has 0 spiro atoms. The van der Waals surface area contributed by atoms with Gasteiger partial charge in [0.25, 0.3) is 0 Å². The standard InChI is InChI=1S/C23H26N6O2.CH4/c1-15-6-4-5-7-19(15)13-28-21-20(22-25-14-26-29(22)23(28)30)8-18(9-24-21)12-27-10-16(2)31-17(3)11-27;/h4-9,14,16-17H,10-13H2,1-3H3;1H4/t16-,17+;. The first-order valence-corrected chi connectivity index (χ1v) is 10.6. The van der Waals surface area contributed by atoms with Crippen molar-refractivity contribution in [3.63, 3.8) is 0 Å². The number of aryl methyl sites for hydroxylation is 1. The van der Waals surface area contributed by atoms with Crippen LogP contribution in [0.4, 0.5) is 0 Å². The molecule has 4 heterocycles. The molecule has 1 aliphatic rings. The highest BCUT2D eigenvalue weighted by Gasteiger charge is 2.23. The second kappa shape index (κ2) is 8.80. The maximum Gasteiger partial charge on any atom is 0.352 e. The van der Waals surface area contributed by atoms with Gasteiger partial charge in [0.2, 0.25) is 0 Å². The Morgan fingerprint density at radius 3 is 2.56 bits per heavy atom. The van der Waals surface area contributed by atoms with Crippen LogP contribution in [0.25, 0.3) is 16.7 Å². The van der Waals surface area contributed by atoms with Gasteiger partial charge in [0.15, 0.2) is 5.65 Å². The van der Waals surface area contributed by atoms with Crippen LogP contribution in [0, 0.1) is 6.92 Å². The predicted octanol–water partition coefficient (Wildman–Crippen LogP) is 3.04. The van der Waals surface area contributed by atoms with E-state index < -0.39 is 0 Å². The van der Waals surface area contributed by atoms with Gasteiger partial charge < -0.3 is 4.74 Å². The zero-order valence-corrected chi connectivity index (χ0v) is 18.0. The number of hydrogen-bond donors (Lipinski definition) is 0. The van der Waals surface area contributed by atoms with Crippen molar-refractivity contribution in [3.05, 3.63) is 70.0 Å². The lowest BCUT2D eigenvalue weighted by Crippen LogP contribution is -2.44. The van der Waals surface area contributed by atoms with E-state index in [1.165, 1.54) is 10.8 Å². The molecule has 8 heteroatoms. The third-order valence-electron chi connectivity index (χ3n) is 5.87. The van der Waals surface area contributed by atoms with Crippen molar-refractivity contribution in [1.82, 2.24) is 29.0 Å². The summed E-state index contributed by atoms with van der Waals surface area (Å²) < 4.78 is 8.90. The lowest BCUT2D eigenvalue weighted by atomic mass is 10.1. The average molecular weight is 435 g/mol. The third kappa shape index (κ3) is 4.03. The molecule has 0 unspecified atom stereocenters. The minimum atomic E-state index is -0.237. The number of rotatable bonds is 4. The van der Waals surface area contributed by atoms with Gasteiger partial charge in [0, 0.05) is 25.8 Å². The number of benzene rings is 1. The average Bonchev–Trinajstić information content (AvgIpc) is 3.22. The predicted molar refractivity (Wildman–Crippen MR) is 125 cm³/mol. The van der Waals surface area contributed by atoms with Crippen LogP contribution in [0.5, 0.6) is 0 Å². The Morgan fingerprint density at radius 1 is 1.06 bits per heavy atom. The van der Waals surface area contributed by atoms with Crippen LogP contribution >= 0.6 is 0 Å². The normalized spacial score (nSPS) is 19.3. The van der Waals surface area contributed by atoms with E-state index in [4.69, 9.17) is 9.72 Å². The monoisotopic (exact) mass is 434 g/mol. The third-order valence-corrected chi connectivity index (χ3v) is 5.87. The van der Waals surface area contributed by atoms with Crippen molar-refractivity contribution in [2.24, 2.45) is 0 Å². The second-order valence-corrected chi connectivity index (χ2v) is 8.46. The van der Waals surface area contributed by atoms with Crippen LogP contribution in [-0.4, -0.2) is 54.3 Å². The van der Waals surface area contributed by atoms with E-state index in [0.29, 0.717) is 17.8 Å². The molecular formula is C24H30N6O2. The van der Waals surface area contributed by atoms with Crippen LogP contribution in [0.3, 0.4) is 0 Å². The minimum absolute atomic E-state index is 0. The number of fused-ring (bicyclic) bond motifs is 3. The Hall–Kier alpha value is -3.10. The Morgan fingerprint density at radius 2 is 1.81 bits per heavy atom. The fourth-order valence-corrected chi connectivity index (χ4v) is 4.51. The first-order valence-electron chi connectivity index (χ1n) is 10.6. The second-order valence-electron chi connectivity index (χ2n) is 8.46. The lowest BCUT2D eigenvalue weighted by Gasteiger charge is -2.35. The molecular weight excluding hydrogens is 404 g/mol. The first-order chi connectivity index (χ1) is 15.0. The summed E-state index contributed by atoms with van der Waals surface area (Å²) in [7, 11) is 0. The molecule has 1 aliphatic heterocycles. The quantitative estimate of drug-likeness (QED) is 0.491. The summed E-state index contributed by atoms with van der Waals surface area (Å²) in [4.78, 5) is 24.6. The van der Waals surface area contributed by atoms with Gasteiger partial charge in [-0.25, -0.2) is 14.8 Å². The van der Waals surface area contributed by atoms with Crippen molar-refractivity contribution in [1.29, 1.82) is 0 Å². The maximum atomic E-state index is 13.2. The zero-order chi connectivity index (χ0) is 21.5. The molecule has 168 valence electrons. The highest BCUT2D eigenvalue weighted by atomic mass is 16.5. The topological polar surface area (TPSA) is 77.5 Å². The minimum Gasteiger partial charge on any atom is -0.373 e. The fourth-order valence-electron chi connectivity index (χ4n) is 4.51. The molecule has 0 bridgehead atoms. The van der Waals surface area contributed by atoms with E-state index in [1.807, 2.05) is 37.4 Å². The Bertz CT molecular complexity index is 1300. The van der Waals surface area contributed by atoms with Gasteiger partial charge in [-0.3, -0.25) is 9.47 Å². The number of aromatic nitrogens is 5. The molecule has 1 saturated heterocycles. The lowest BCUT2D eigenvalue weighted by molar-refractivity contribution is -0.0705. The Balaban J connectivity index is 0.00000245. The highest BCUT2D eigenvalue weighted by Crippen LogP contribution is 2.20. The summed E-state index contributed by atoms with van der Waals surface area (Å²) in [5, 5.41) is 5.01. The van der Waals surface area contributed by atoms with Crippen LogP contribution in [0.2, 0.25) is 0 Å². The van der Waals surface area contributed by atoms with E-state index in [0.717, 1.165) is 41.7 Å². The van der Waals surface area contributed by atoms with E-state index in [9.17, 15) is 4.79 Å². The van der Waals surface area contributed by atoms with E-state index in [-0.39, 0.29) is 25.3 Å². The molecule has 4 aromatic rings. The number of hydrogen-bond acceptors (Lipinski definition) is 6. The molecule has 0 N–H and O–H groups in total. The van der Waals surface area contributed by atoms with E-state index in [1.54, 1.807) is 4.57 Å². The van der Waals surface area contributed by atoms with Gasteiger partial charge >= 0.3 is 5.69 Å². The Labute approximate surface area is 187 Å². The summed E-state index contributed by atoms with van der Waals surface area (Å²) in [5.41, 5.74) is 4.22. The molecule has 5 rings (SSSR count). The van der Waals surface area contributed by atoms with Crippen LogP contribution in [-0.2, 0) is 17.8 Å². The van der Waals surface area contributed by atoms with E-state index >= 15 is 0 Å². The van der Waals surface area contributed by atoms with Crippen molar-refractivity contribution in [2.45, 2.75) is 53.5 Å². The van der Waals surface area contributed by atoms with Crippen molar-refractivity contribution in [3.8, 4) is 0 Å². The molecule has 2 atom stereocenters. The van der Waals surface area contributed by atoms with Gasteiger partial charge in [-0.1, -0.05) is 31.7 Å². The molecule has 3 aromatic heterocycles. The first kappa shape index (κ1) is 22.1. The van der Waals surface area contributed by atoms with Crippen LogP contribution in [0.1, 0.15) is 38.0 Å². The summed E-state index contributed by atoms with van der Waals surface area (Å²) in [5.74, 6) is 0. The summed E-state index contributed by atoms with van der Waals surface area (Å²) in [6.45, 7) is 9.23. The van der Waals surface area contributed by atoms with Gasteiger partial charge in [-0.15, -0.1) is 0 Å². The summed E-state index contributed by atoms with van der Waals surface area (Å²) in [6, 6.07) is 10.2. The summed E-state index contributed by atoms with van der Waals surface area (Å²) in [6.07, 6.45) is 3.71. The maximum absolute atomic E-state index is 13.2. The van der Waals surface area contributed by atoms with Gasteiger partial charge in [0.1, 0.15) is 12.0 Å². The number of ether oxygens (including phenoxy) is 1. The molecule has 1 aromatic carbocycles. The molecule has 0 amide bonds. The number of morpholine rings is 1. The van der Waals surface area contributed by atoms with Gasteiger partial charge in [-0.05, 0) is 43.5 Å². The molecule has 0 saturated carbocycles. The van der Waals surface area contributed by atoms with Gasteiger partial charge in [0.05, 0.1) is 24.1 Å². The molecule has 8 nitrogen and oxygen atoms in total. The fraction of sp³-hybridized carbons (Fsp3) is 0.417.